The zero-order chi connectivity index (χ0) is 19.2. The Kier molecular flexibility index (Phi) is 6.08. The first-order chi connectivity index (χ1) is 13.1. The standard InChI is InChI=1S/C21H25N3O3/c1-3-23(4-2)14-17-9-7-8-16(12-17)13-22-20(25)15-24-18-10-5-6-11-19(18)27-21(24)26/h5-12H,3-4,13-15H2,1-2H3,(H,22,25). The van der Waals surface area contributed by atoms with Crippen LogP contribution in [0.1, 0.15) is 25.0 Å². The third kappa shape index (κ3) is 4.65. The number of oxazole rings is 1. The van der Waals surface area contributed by atoms with Gasteiger partial charge in [0.15, 0.2) is 5.58 Å². The molecule has 142 valence electrons. The molecule has 2 aromatic carbocycles. The molecular weight excluding hydrogens is 342 g/mol. The number of carbonyl (C=O) groups is 1. The van der Waals surface area contributed by atoms with Crippen molar-refractivity contribution in [2.75, 3.05) is 13.1 Å². The van der Waals surface area contributed by atoms with Gasteiger partial charge in [-0.05, 0) is 36.3 Å². The van der Waals surface area contributed by atoms with Crippen molar-refractivity contribution in [2.45, 2.75) is 33.5 Å². The Morgan fingerprint density at radius 2 is 1.81 bits per heavy atom. The summed E-state index contributed by atoms with van der Waals surface area (Å²) in [5.74, 6) is -0.745. The van der Waals surface area contributed by atoms with Crippen LogP contribution in [0.5, 0.6) is 0 Å². The minimum absolute atomic E-state index is 0.0605. The molecule has 0 radical (unpaired) electrons. The normalized spacial score (nSPS) is 11.2. The fourth-order valence-electron chi connectivity index (χ4n) is 3.11. The number of amides is 1. The summed E-state index contributed by atoms with van der Waals surface area (Å²) in [6.07, 6.45) is 0. The summed E-state index contributed by atoms with van der Waals surface area (Å²) >= 11 is 0. The summed E-state index contributed by atoms with van der Waals surface area (Å²) < 4.78 is 6.51. The first-order valence-electron chi connectivity index (χ1n) is 9.26. The highest BCUT2D eigenvalue weighted by Crippen LogP contribution is 2.12. The van der Waals surface area contributed by atoms with Gasteiger partial charge in [-0.25, -0.2) is 4.79 Å². The van der Waals surface area contributed by atoms with E-state index in [4.69, 9.17) is 4.42 Å². The number of aromatic nitrogens is 1. The van der Waals surface area contributed by atoms with Gasteiger partial charge in [0, 0.05) is 13.1 Å². The summed E-state index contributed by atoms with van der Waals surface area (Å²) in [5.41, 5.74) is 3.37. The maximum absolute atomic E-state index is 12.3. The lowest BCUT2D eigenvalue weighted by atomic mass is 10.1. The van der Waals surface area contributed by atoms with E-state index in [2.05, 4.69) is 36.2 Å². The summed E-state index contributed by atoms with van der Waals surface area (Å²) in [6, 6.07) is 15.3. The summed E-state index contributed by atoms with van der Waals surface area (Å²) in [4.78, 5) is 26.6. The van der Waals surface area contributed by atoms with Gasteiger partial charge in [0.05, 0.1) is 5.52 Å². The molecule has 0 saturated heterocycles. The molecule has 0 aliphatic rings. The molecule has 1 N–H and O–H groups in total. The lowest BCUT2D eigenvalue weighted by Gasteiger charge is -2.18. The number of carbonyl (C=O) groups excluding carboxylic acids is 1. The van der Waals surface area contributed by atoms with Crippen molar-refractivity contribution in [2.24, 2.45) is 0 Å². The van der Waals surface area contributed by atoms with E-state index in [-0.39, 0.29) is 12.5 Å². The maximum atomic E-state index is 12.3. The quantitative estimate of drug-likeness (QED) is 0.665. The highest BCUT2D eigenvalue weighted by Gasteiger charge is 2.12. The van der Waals surface area contributed by atoms with Crippen LogP contribution in [-0.2, 0) is 24.4 Å². The van der Waals surface area contributed by atoms with Crippen LogP contribution in [0.3, 0.4) is 0 Å². The lowest BCUT2D eigenvalue weighted by Crippen LogP contribution is -2.30. The maximum Gasteiger partial charge on any atom is 0.420 e. The molecule has 0 saturated carbocycles. The van der Waals surface area contributed by atoms with E-state index >= 15 is 0 Å². The molecule has 6 nitrogen and oxygen atoms in total. The molecule has 0 atom stereocenters. The van der Waals surface area contributed by atoms with Crippen molar-refractivity contribution in [3.8, 4) is 0 Å². The fraction of sp³-hybridized carbons (Fsp3) is 0.333. The van der Waals surface area contributed by atoms with Gasteiger partial charge < -0.3 is 9.73 Å². The van der Waals surface area contributed by atoms with Crippen molar-refractivity contribution in [3.63, 3.8) is 0 Å². The van der Waals surface area contributed by atoms with Crippen molar-refractivity contribution in [3.05, 3.63) is 70.2 Å². The second-order valence-corrected chi connectivity index (χ2v) is 6.48. The number of benzene rings is 2. The van der Waals surface area contributed by atoms with Crippen molar-refractivity contribution in [1.82, 2.24) is 14.8 Å². The zero-order valence-corrected chi connectivity index (χ0v) is 15.8. The van der Waals surface area contributed by atoms with E-state index in [1.807, 2.05) is 18.2 Å². The molecule has 27 heavy (non-hydrogen) atoms. The highest BCUT2D eigenvalue weighted by molar-refractivity contribution is 5.79. The fourth-order valence-corrected chi connectivity index (χ4v) is 3.11. The molecule has 0 fully saturated rings. The van der Waals surface area contributed by atoms with Crippen LogP contribution in [0.25, 0.3) is 11.1 Å². The number of para-hydroxylation sites is 2. The Morgan fingerprint density at radius 1 is 1.07 bits per heavy atom. The van der Waals surface area contributed by atoms with Gasteiger partial charge >= 0.3 is 5.76 Å². The van der Waals surface area contributed by atoms with Gasteiger partial charge in [0.25, 0.3) is 0 Å². The van der Waals surface area contributed by atoms with Gasteiger partial charge in [0.1, 0.15) is 6.54 Å². The molecule has 0 spiro atoms. The second kappa shape index (κ2) is 8.68. The van der Waals surface area contributed by atoms with E-state index in [1.165, 1.54) is 10.1 Å². The third-order valence-corrected chi connectivity index (χ3v) is 4.66. The molecule has 0 bridgehead atoms. The van der Waals surface area contributed by atoms with Crippen molar-refractivity contribution in [1.29, 1.82) is 0 Å². The molecule has 1 heterocycles. The van der Waals surface area contributed by atoms with Crippen LogP contribution >= 0.6 is 0 Å². The average molecular weight is 367 g/mol. The minimum atomic E-state index is -0.521. The van der Waals surface area contributed by atoms with Crippen molar-refractivity contribution >= 4 is 17.0 Å². The SMILES string of the molecule is CCN(CC)Cc1cccc(CNC(=O)Cn2c(=O)oc3ccccc32)c1. The second-order valence-electron chi connectivity index (χ2n) is 6.48. The van der Waals surface area contributed by atoms with E-state index in [0.717, 1.165) is 25.2 Å². The Bertz CT molecular complexity index is 970. The van der Waals surface area contributed by atoms with E-state index in [0.29, 0.717) is 17.6 Å². The summed E-state index contributed by atoms with van der Waals surface area (Å²) in [7, 11) is 0. The molecule has 0 aliphatic carbocycles. The summed E-state index contributed by atoms with van der Waals surface area (Å²) in [6.45, 7) is 7.57. The number of rotatable bonds is 8. The molecular formula is C21H25N3O3. The van der Waals surface area contributed by atoms with Gasteiger partial charge in [-0.1, -0.05) is 50.2 Å². The van der Waals surface area contributed by atoms with Crippen molar-refractivity contribution < 1.29 is 9.21 Å². The topological polar surface area (TPSA) is 67.5 Å². The largest absolute Gasteiger partial charge is 0.420 e. The van der Waals surface area contributed by atoms with E-state index in [1.54, 1.807) is 18.2 Å². The first kappa shape index (κ1) is 18.9. The lowest BCUT2D eigenvalue weighted by molar-refractivity contribution is -0.121. The predicted octanol–water partition coefficient (Wildman–Crippen LogP) is 2.75. The van der Waals surface area contributed by atoms with Crippen LogP contribution < -0.4 is 11.1 Å². The molecule has 3 aromatic rings. The smallest absolute Gasteiger partial charge is 0.408 e. The highest BCUT2D eigenvalue weighted by atomic mass is 16.4. The van der Waals surface area contributed by atoms with Crippen LogP contribution in [0, 0.1) is 0 Å². The molecule has 0 unspecified atom stereocenters. The Balaban J connectivity index is 1.62. The van der Waals surface area contributed by atoms with E-state index < -0.39 is 5.76 Å². The number of nitrogens with zero attached hydrogens (tertiary/aromatic N) is 2. The van der Waals surface area contributed by atoms with Crippen LogP contribution in [0.15, 0.2) is 57.7 Å². The van der Waals surface area contributed by atoms with Crippen LogP contribution in [0.4, 0.5) is 0 Å². The van der Waals surface area contributed by atoms with E-state index in [9.17, 15) is 9.59 Å². The van der Waals surface area contributed by atoms with Crippen LogP contribution in [0.2, 0.25) is 0 Å². The van der Waals surface area contributed by atoms with Gasteiger partial charge in [-0.2, -0.15) is 0 Å². The number of fused-ring (bicyclic) bond motifs is 1. The van der Waals surface area contributed by atoms with Crippen LogP contribution in [-0.4, -0.2) is 28.5 Å². The zero-order valence-electron chi connectivity index (χ0n) is 15.8. The van der Waals surface area contributed by atoms with Gasteiger partial charge in [0.2, 0.25) is 5.91 Å². The first-order valence-corrected chi connectivity index (χ1v) is 9.26. The minimum Gasteiger partial charge on any atom is -0.408 e. The Labute approximate surface area is 158 Å². The number of nitrogens with one attached hydrogen (secondary N) is 1. The predicted molar refractivity (Wildman–Crippen MR) is 105 cm³/mol. The third-order valence-electron chi connectivity index (χ3n) is 4.66. The van der Waals surface area contributed by atoms with Gasteiger partial charge in [-0.15, -0.1) is 0 Å². The molecule has 1 aromatic heterocycles. The average Bonchev–Trinajstić information content (AvgIpc) is 3.00. The summed E-state index contributed by atoms with van der Waals surface area (Å²) in [5, 5.41) is 2.88. The monoisotopic (exact) mass is 367 g/mol. The Hall–Kier alpha value is -2.86. The molecule has 6 heteroatoms. The molecule has 1 amide bonds. The van der Waals surface area contributed by atoms with Gasteiger partial charge in [-0.3, -0.25) is 14.3 Å². The number of hydrogen-bond donors (Lipinski definition) is 1. The molecule has 3 rings (SSSR count). The Morgan fingerprint density at radius 3 is 2.59 bits per heavy atom. The number of hydrogen-bond acceptors (Lipinski definition) is 4. The molecule has 0 aliphatic heterocycles.